The zero-order chi connectivity index (χ0) is 21.7. The average Bonchev–Trinajstić information content (AvgIpc) is 2.96. The molecule has 1 rings (SSSR count). The molecule has 0 saturated carbocycles. The molecule has 9 heteroatoms. The van der Waals surface area contributed by atoms with E-state index in [9.17, 15) is 24.3 Å². The minimum Gasteiger partial charge on any atom is -0.480 e. The molecule has 0 aliphatic carbocycles. The number of aliphatic carboxylic acids is 1. The SMILES string of the molecule is CC(C)(C)OC(=O)CCC(NC(=O)OC(C)(C)C)C(=O)N1CCCC1C(=O)O. The second kappa shape index (κ2) is 9.25. The molecule has 9 nitrogen and oxygen atoms in total. The van der Waals surface area contributed by atoms with Gasteiger partial charge in [0, 0.05) is 13.0 Å². The van der Waals surface area contributed by atoms with E-state index in [1.54, 1.807) is 41.5 Å². The number of ether oxygens (including phenoxy) is 2. The normalized spacial score (nSPS) is 18.4. The largest absolute Gasteiger partial charge is 0.480 e. The predicted octanol–water partition coefficient (Wildman–Crippen LogP) is 2.08. The number of carboxylic acid groups (broad SMARTS) is 1. The first kappa shape index (κ1) is 23.7. The summed E-state index contributed by atoms with van der Waals surface area (Å²) in [6.45, 7) is 10.5. The Morgan fingerprint density at radius 2 is 1.64 bits per heavy atom. The van der Waals surface area contributed by atoms with Crippen LogP contribution in [0.4, 0.5) is 4.79 Å². The Balaban J connectivity index is 2.87. The Morgan fingerprint density at radius 3 is 2.14 bits per heavy atom. The van der Waals surface area contributed by atoms with Crippen LogP contribution in [0.1, 0.15) is 67.2 Å². The van der Waals surface area contributed by atoms with Gasteiger partial charge in [0.25, 0.3) is 0 Å². The monoisotopic (exact) mass is 400 g/mol. The van der Waals surface area contributed by atoms with E-state index in [-0.39, 0.29) is 19.4 Å². The highest BCUT2D eigenvalue weighted by Crippen LogP contribution is 2.20. The van der Waals surface area contributed by atoms with Crippen LogP contribution in [-0.4, -0.2) is 63.8 Å². The van der Waals surface area contributed by atoms with Crippen LogP contribution in [0.5, 0.6) is 0 Å². The van der Waals surface area contributed by atoms with Gasteiger partial charge in [-0.3, -0.25) is 9.59 Å². The van der Waals surface area contributed by atoms with E-state index in [2.05, 4.69) is 5.32 Å². The van der Waals surface area contributed by atoms with E-state index in [1.807, 2.05) is 0 Å². The Morgan fingerprint density at radius 1 is 1.07 bits per heavy atom. The quantitative estimate of drug-likeness (QED) is 0.654. The third kappa shape index (κ3) is 8.14. The number of rotatable bonds is 6. The zero-order valence-corrected chi connectivity index (χ0v) is 17.5. The number of nitrogens with zero attached hydrogens (tertiary/aromatic N) is 1. The van der Waals surface area contributed by atoms with Crippen LogP contribution in [0, 0.1) is 0 Å². The second-order valence-corrected chi connectivity index (χ2v) is 8.85. The van der Waals surface area contributed by atoms with E-state index >= 15 is 0 Å². The summed E-state index contributed by atoms with van der Waals surface area (Å²) in [5.74, 6) is -2.14. The van der Waals surface area contributed by atoms with Crippen molar-refractivity contribution in [2.75, 3.05) is 6.54 Å². The number of alkyl carbamates (subject to hydrolysis) is 1. The predicted molar refractivity (Wildman–Crippen MR) is 101 cm³/mol. The third-order valence-corrected chi connectivity index (χ3v) is 3.87. The van der Waals surface area contributed by atoms with Gasteiger partial charge in [-0.15, -0.1) is 0 Å². The van der Waals surface area contributed by atoms with Crippen LogP contribution in [-0.2, 0) is 23.9 Å². The van der Waals surface area contributed by atoms with Crippen molar-refractivity contribution in [1.29, 1.82) is 0 Å². The summed E-state index contributed by atoms with van der Waals surface area (Å²) >= 11 is 0. The molecule has 28 heavy (non-hydrogen) atoms. The van der Waals surface area contributed by atoms with E-state index in [0.717, 1.165) is 0 Å². The molecule has 0 aromatic rings. The topological polar surface area (TPSA) is 122 Å². The standard InChI is InChI=1S/C19H32N2O7/c1-18(2,3)27-14(22)10-9-12(20-17(26)28-19(4,5)6)15(23)21-11-7-8-13(21)16(24)25/h12-13H,7-11H2,1-6H3,(H,20,26)(H,24,25). The molecule has 0 aromatic carbocycles. The van der Waals surface area contributed by atoms with Gasteiger partial charge in [-0.25, -0.2) is 9.59 Å². The number of hydrogen-bond acceptors (Lipinski definition) is 6. The van der Waals surface area contributed by atoms with Gasteiger partial charge in [0.15, 0.2) is 0 Å². The molecular weight excluding hydrogens is 368 g/mol. The van der Waals surface area contributed by atoms with E-state index < -0.39 is 47.2 Å². The smallest absolute Gasteiger partial charge is 0.408 e. The maximum Gasteiger partial charge on any atom is 0.408 e. The minimum absolute atomic E-state index is 0.0180. The fraction of sp³-hybridized carbons (Fsp3) is 0.789. The molecule has 0 radical (unpaired) electrons. The van der Waals surface area contributed by atoms with Crippen molar-refractivity contribution in [2.24, 2.45) is 0 Å². The Hall–Kier alpha value is -2.32. The summed E-state index contributed by atoms with van der Waals surface area (Å²) in [5.41, 5.74) is -1.43. The van der Waals surface area contributed by atoms with Gasteiger partial charge < -0.3 is 24.8 Å². The summed E-state index contributed by atoms with van der Waals surface area (Å²) < 4.78 is 10.4. The lowest BCUT2D eigenvalue weighted by atomic mass is 10.1. The summed E-state index contributed by atoms with van der Waals surface area (Å²) in [6, 6.07) is -2.01. The number of nitrogens with one attached hydrogen (secondary N) is 1. The molecule has 1 saturated heterocycles. The first-order valence-electron chi connectivity index (χ1n) is 9.44. The van der Waals surface area contributed by atoms with Gasteiger partial charge in [-0.05, 0) is 60.8 Å². The number of carbonyl (C=O) groups is 4. The van der Waals surface area contributed by atoms with Crippen LogP contribution in [0.25, 0.3) is 0 Å². The second-order valence-electron chi connectivity index (χ2n) is 8.85. The van der Waals surface area contributed by atoms with Gasteiger partial charge >= 0.3 is 18.0 Å². The van der Waals surface area contributed by atoms with Crippen molar-refractivity contribution in [3.05, 3.63) is 0 Å². The third-order valence-electron chi connectivity index (χ3n) is 3.87. The highest BCUT2D eigenvalue weighted by atomic mass is 16.6. The first-order chi connectivity index (χ1) is 12.7. The molecule has 0 bridgehead atoms. The summed E-state index contributed by atoms with van der Waals surface area (Å²) in [4.78, 5) is 49.7. The number of esters is 1. The molecule has 1 heterocycles. The van der Waals surface area contributed by atoms with Crippen LogP contribution < -0.4 is 5.32 Å². The number of hydrogen-bond donors (Lipinski definition) is 2. The van der Waals surface area contributed by atoms with Crippen molar-refractivity contribution in [3.8, 4) is 0 Å². The zero-order valence-electron chi connectivity index (χ0n) is 17.5. The molecule has 2 unspecified atom stereocenters. The Labute approximate surface area is 165 Å². The summed E-state index contributed by atoms with van der Waals surface area (Å²) in [6.07, 6.45) is -0.00779. The molecule has 0 aromatic heterocycles. The van der Waals surface area contributed by atoms with Crippen molar-refractivity contribution >= 4 is 23.9 Å². The summed E-state index contributed by atoms with van der Waals surface area (Å²) in [7, 11) is 0. The van der Waals surface area contributed by atoms with Crippen LogP contribution in [0.3, 0.4) is 0 Å². The first-order valence-corrected chi connectivity index (χ1v) is 9.44. The average molecular weight is 400 g/mol. The van der Waals surface area contributed by atoms with Crippen molar-refractivity contribution in [1.82, 2.24) is 10.2 Å². The van der Waals surface area contributed by atoms with Crippen molar-refractivity contribution in [3.63, 3.8) is 0 Å². The molecular formula is C19H32N2O7. The van der Waals surface area contributed by atoms with Gasteiger partial charge in [-0.2, -0.15) is 0 Å². The lowest BCUT2D eigenvalue weighted by Crippen LogP contribution is -2.52. The van der Waals surface area contributed by atoms with Crippen LogP contribution in [0.15, 0.2) is 0 Å². The van der Waals surface area contributed by atoms with E-state index in [0.29, 0.717) is 12.8 Å². The van der Waals surface area contributed by atoms with Gasteiger partial charge in [-0.1, -0.05) is 0 Å². The molecule has 2 atom stereocenters. The Bertz CT molecular complexity index is 604. The number of amides is 2. The lowest BCUT2D eigenvalue weighted by Gasteiger charge is -2.28. The highest BCUT2D eigenvalue weighted by Gasteiger charge is 2.38. The van der Waals surface area contributed by atoms with Crippen LogP contribution in [0.2, 0.25) is 0 Å². The molecule has 2 amide bonds. The molecule has 1 aliphatic rings. The van der Waals surface area contributed by atoms with Crippen molar-refractivity contribution in [2.45, 2.75) is 90.5 Å². The van der Waals surface area contributed by atoms with Gasteiger partial charge in [0.2, 0.25) is 5.91 Å². The van der Waals surface area contributed by atoms with E-state index in [1.165, 1.54) is 4.90 Å². The molecule has 1 fully saturated rings. The maximum atomic E-state index is 12.9. The number of carboxylic acids is 1. The maximum absolute atomic E-state index is 12.9. The molecule has 160 valence electrons. The summed E-state index contributed by atoms with van der Waals surface area (Å²) in [5, 5.41) is 11.8. The van der Waals surface area contributed by atoms with Gasteiger partial charge in [0.05, 0.1) is 0 Å². The van der Waals surface area contributed by atoms with Crippen LogP contribution >= 0.6 is 0 Å². The van der Waals surface area contributed by atoms with Crippen molar-refractivity contribution < 1.29 is 33.8 Å². The Kier molecular flexibility index (Phi) is 7.84. The van der Waals surface area contributed by atoms with E-state index in [4.69, 9.17) is 9.47 Å². The highest BCUT2D eigenvalue weighted by molar-refractivity contribution is 5.90. The minimum atomic E-state index is -1.09. The lowest BCUT2D eigenvalue weighted by molar-refractivity contribution is -0.155. The van der Waals surface area contributed by atoms with Gasteiger partial charge in [0.1, 0.15) is 23.3 Å². The molecule has 0 spiro atoms. The number of likely N-dealkylation sites (tertiary alicyclic amines) is 1. The molecule has 2 N–H and O–H groups in total. The fourth-order valence-electron chi connectivity index (χ4n) is 2.85. The molecule has 1 aliphatic heterocycles. The fourth-order valence-corrected chi connectivity index (χ4v) is 2.85. The number of carbonyl (C=O) groups excluding carboxylic acids is 3.